The number of nitrogens with one attached hydrogen (secondary N) is 1. The molecule has 112 valence electrons. The lowest BCUT2D eigenvalue weighted by Crippen LogP contribution is -2.19. The Labute approximate surface area is 131 Å². The molecule has 0 saturated carbocycles. The van der Waals surface area contributed by atoms with Crippen molar-refractivity contribution < 1.29 is 4.79 Å². The van der Waals surface area contributed by atoms with E-state index in [1.54, 1.807) is 12.3 Å². The molecule has 2 rings (SSSR count). The third-order valence-electron chi connectivity index (χ3n) is 3.23. The minimum absolute atomic E-state index is 0.117. The van der Waals surface area contributed by atoms with Crippen LogP contribution in [0.4, 0.5) is 0 Å². The van der Waals surface area contributed by atoms with Crippen LogP contribution >= 0.6 is 0 Å². The summed E-state index contributed by atoms with van der Waals surface area (Å²) in [6, 6.07) is 18.0. The minimum atomic E-state index is -0.117. The first-order valence-electron chi connectivity index (χ1n) is 7.39. The average Bonchev–Trinajstić information content (AvgIpc) is 2.56. The Balaban J connectivity index is 1.77. The second-order valence-electron chi connectivity index (χ2n) is 4.93. The van der Waals surface area contributed by atoms with Gasteiger partial charge >= 0.3 is 0 Å². The van der Waals surface area contributed by atoms with E-state index in [1.165, 1.54) is 5.56 Å². The van der Waals surface area contributed by atoms with Crippen LogP contribution in [0.1, 0.15) is 23.6 Å². The van der Waals surface area contributed by atoms with Gasteiger partial charge in [-0.25, -0.2) is 5.43 Å². The minimum Gasteiger partial charge on any atom is -0.273 e. The van der Waals surface area contributed by atoms with E-state index < -0.39 is 0 Å². The highest BCUT2D eigenvalue weighted by atomic mass is 16.2. The number of rotatable bonds is 6. The van der Waals surface area contributed by atoms with Crippen LogP contribution in [0.15, 0.2) is 65.8 Å². The standard InChI is InChI=1S/C19H20N2O/c1-2-16-10-12-18(13-11-16)15-19(22)21-20-14-6-9-17-7-4-3-5-8-17/h3-14H,2,15H2,1H3,(H,21,22)/b9-6+,20-14-. The molecule has 1 N–H and O–H groups in total. The topological polar surface area (TPSA) is 41.5 Å². The van der Waals surface area contributed by atoms with E-state index in [0.29, 0.717) is 6.42 Å². The molecular formula is C19H20N2O. The molecule has 2 aromatic rings. The van der Waals surface area contributed by atoms with Crippen LogP contribution in [0.25, 0.3) is 6.08 Å². The fraction of sp³-hybridized carbons (Fsp3) is 0.158. The number of hydrogen-bond donors (Lipinski definition) is 1. The molecule has 2 aromatic carbocycles. The van der Waals surface area contributed by atoms with Crippen molar-refractivity contribution in [3.63, 3.8) is 0 Å². The number of nitrogens with zero attached hydrogens (tertiary/aromatic N) is 1. The van der Waals surface area contributed by atoms with Crippen LogP contribution in [-0.2, 0) is 17.6 Å². The SMILES string of the molecule is CCc1ccc(CC(=O)N/N=C\C=C\c2ccccc2)cc1. The number of aryl methyl sites for hydroxylation is 1. The third kappa shape index (κ3) is 5.37. The highest BCUT2D eigenvalue weighted by Gasteiger charge is 2.01. The summed E-state index contributed by atoms with van der Waals surface area (Å²) in [5, 5.41) is 3.90. The normalized spacial score (nSPS) is 11.1. The Bertz CT molecular complexity index is 643. The van der Waals surface area contributed by atoms with Gasteiger partial charge in [0.05, 0.1) is 6.42 Å². The van der Waals surface area contributed by atoms with Gasteiger partial charge in [0.25, 0.3) is 0 Å². The molecule has 0 radical (unpaired) electrons. The zero-order valence-electron chi connectivity index (χ0n) is 12.7. The Morgan fingerprint density at radius 2 is 1.73 bits per heavy atom. The van der Waals surface area contributed by atoms with Crippen LogP contribution in [0.3, 0.4) is 0 Å². The van der Waals surface area contributed by atoms with Gasteiger partial charge in [-0.1, -0.05) is 67.6 Å². The monoisotopic (exact) mass is 292 g/mol. The van der Waals surface area contributed by atoms with Crippen molar-refractivity contribution in [2.75, 3.05) is 0 Å². The van der Waals surface area contributed by atoms with Crippen LogP contribution in [0.2, 0.25) is 0 Å². The molecule has 3 heteroatoms. The summed E-state index contributed by atoms with van der Waals surface area (Å²) in [5.41, 5.74) is 5.88. The number of amides is 1. The highest BCUT2D eigenvalue weighted by molar-refractivity contribution is 5.82. The number of allylic oxidation sites excluding steroid dienone is 1. The molecule has 3 nitrogen and oxygen atoms in total. The summed E-state index contributed by atoms with van der Waals surface area (Å²) in [6.45, 7) is 2.11. The third-order valence-corrected chi connectivity index (χ3v) is 3.23. The molecule has 0 bridgehead atoms. The summed E-state index contributed by atoms with van der Waals surface area (Å²) < 4.78 is 0. The molecule has 0 aliphatic carbocycles. The molecule has 0 aliphatic rings. The van der Waals surface area contributed by atoms with Crippen molar-refractivity contribution in [2.24, 2.45) is 5.10 Å². The summed E-state index contributed by atoms with van der Waals surface area (Å²) in [7, 11) is 0. The van der Waals surface area contributed by atoms with Gasteiger partial charge in [0.1, 0.15) is 0 Å². The van der Waals surface area contributed by atoms with Gasteiger partial charge in [-0.05, 0) is 29.2 Å². The first kappa shape index (κ1) is 15.7. The van der Waals surface area contributed by atoms with Gasteiger partial charge < -0.3 is 0 Å². The molecule has 0 aliphatic heterocycles. The Hall–Kier alpha value is -2.68. The summed E-state index contributed by atoms with van der Waals surface area (Å²) in [4.78, 5) is 11.8. The van der Waals surface area contributed by atoms with E-state index in [-0.39, 0.29) is 5.91 Å². The quantitative estimate of drug-likeness (QED) is 0.641. The first-order valence-corrected chi connectivity index (χ1v) is 7.39. The van der Waals surface area contributed by atoms with Crippen LogP contribution in [0.5, 0.6) is 0 Å². The van der Waals surface area contributed by atoms with E-state index in [1.807, 2.05) is 48.5 Å². The lowest BCUT2D eigenvalue weighted by atomic mass is 10.1. The van der Waals surface area contributed by atoms with Crippen molar-refractivity contribution in [1.82, 2.24) is 5.43 Å². The summed E-state index contributed by atoms with van der Waals surface area (Å²) >= 11 is 0. The summed E-state index contributed by atoms with van der Waals surface area (Å²) in [5.74, 6) is -0.117. The van der Waals surface area contributed by atoms with E-state index in [4.69, 9.17) is 0 Å². The lowest BCUT2D eigenvalue weighted by Gasteiger charge is -2.01. The lowest BCUT2D eigenvalue weighted by molar-refractivity contribution is -0.120. The Morgan fingerprint density at radius 3 is 2.41 bits per heavy atom. The molecule has 0 unspecified atom stereocenters. The number of carbonyl (C=O) groups excluding carboxylic acids is 1. The maximum absolute atomic E-state index is 11.8. The van der Waals surface area contributed by atoms with Gasteiger partial charge in [-0.3, -0.25) is 4.79 Å². The molecular weight excluding hydrogens is 272 g/mol. The van der Waals surface area contributed by atoms with E-state index in [0.717, 1.165) is 17.5 Å². The fourth-order valence-electron chi connectivity index (χ4n) is 1.99. The Morgan fingerprint density at radius 1 is 1.05 bits per heavy atom. The second-order valence-corrected chi connectivity index (χ2v) is 4.93. The van der Waals surface area contributed by atoms with Crippen molar-refractivity contribution in [3.8, 4) is 0 Å². The van der Waals surface area contributed by atoms with Crippen LogP contribution in [0, 0.1) is 0 Å². The molecule has 0 atom stereocenters. The summed E-state index contributed by atoms with van der Waals surface area (Å²) in [6.07, 6.45) is 6.64. The first-order chi connectivity index (χ1) is 10.8. The molecule has 0 saturated heterocycles. The van der Waals surface area contributed by atoms with E-state index in [9.17, 15) is 4.79 Å². The van der Waals surface area contributed by atoms with Gasteiger partial charge in [0.2, 0.25) is 5.91 Å². The Kier molecular flexibility index (Phi) is 6.12. The molecule has 22 heavy (non-hydrogen) atoms. The maximum atomic E-state index is 11.8. The number of hydrogen-bond acceptors (Lipinski definition) is 2. The van der Waals surface area contributed by atoms with Gasteiger partial charge in [-0.2, -0.15) is 5.10 Å². The van der Waals surface area contributed by atoms with Crippen molar-refractivity contribution >= 4 is 18.2 Å². The predicted molar refractivity (Wildman–Crippen MR) is 91.6 cm³/mol. The molecule has 0 fully saturated rings. The smallest absolute Gasteiger partial charge is 0.244 e. The number of benzene rings is 2. The number of hydrazone groups is 1. The fourth-order valence-corrected chi connectivity index (χ4v) is 1.99. The van der Waals surface area contributed by atoms with Gasteiger partial charge in [0.15, 0.2) is 0 Å². The van der Waals surface area contributed by atoms with Crippen molar-refractivity contribution in [2.45, 2.75) is 19.8 Å². The van der Waals surface area contributed by atoms with E-state index in [2.05, 4.69) is 29.6 Å². The molecule has 1 amide bonds. The zero-order chi connectivity index (χ0) is 15.6. The zero-order valence-corrected chi connectivity index (χ0v) is 12.7. The molecule has 0 aromatic heterocycles. The molecule has 0 heterocycles. The molecule has 0 spiro atoms. The highest BCUT2D eigenvalue weighted by Crippen LogP contribution is 2.05. The van der Waals surface area contributed by atoms with Gasteiger partial charge in [-0.15, -0.1) is 0 Å². The number of carbonyl (C=O) groups is 1. The largest absolute Gasteiger partial charge is 0.273 e. The van der Waals surface area contributed by atoms with Crippen LogP contribution in [-0.4, -0.2) is 12.1 Å². The van der Waals surface area contributed by atoms with Crippen molar-refractivity contribution in [3.05, 3.63) is 77.4 Å². The van der Waals surface area contributed by atoms with E-state index >= 15 is 0 Å². The average molecular weight is 292 g/mol. The predicted octanol–water partition coefficient (Wildman–Crippen LogP) is 3.61. The maximum Gasteiger partial charge on any atom is 0.244 e. The van der Waals surface area contributed by atoms with Crippen molar-refractivity contribution in [1.29, 1.82) is 0 Å². The second kappa shape index (κ2) is 8.57. The van der Waals surface area contributed by atoms with Crippen LogP contribution < -0.4 is 5.43 Å². The van der Waals surface area contributed by atoms with Gasteiger partial charge in [0, 0.05) is 6.21 Å².